The fourth-order valence-corrected chi connectivity index (χ4v) is 4.38. The second-order valence-corrected chi connectivity index (χ2v) is 7.73. The van der Waals surface area contributed by atoms with Crippen LogP contribution in [0, 0.1) is 0 Å². The van der Waals surface area contributed by atoms with Crippen molar-refractivity contribution in [2.24, 2.45) is 0 Å². The van der Waals surface area contributed by atoms with Crippen molar-refractivity contribution in [1.82, 2.24) is 15.2 Å². The molecule has 28 heavy (non-hydrogen) atoms. The minimum atomic E-state index is 0.0772. The number of benzene rings is 2. The maximum Gasteiger partial charge on any atom is 0.161 e. The molecule has 1 fully saturated rings. The van der Waals surface area contributed by atoms with Crippen LogP contribution in [0.1, 0.15) is 17.2 Å². The molecule has 2 heterocycles. The zero-order valence-electron chi connectivity index (χ0n) is 16.1. The van der Waals surface area contributed by atoms with Gasteiger partial charge < -0.3 is 14.8 Å². The Labute approximate surface area is 173 Å². The van der Waals surface area contributed by atoms with Crippen molar-refractivity contribution < 1.29 is 9.47 Å². The van der Waals surface area contributed by atoms with Crippen molar-refractivity contribution in [1.29, 1.82) is 0 Å². The summed E-state index contributed by atoms with van der Waals surface area (Å²) in [5, 5.41) is 4.59. The molecule has 146 valence electrons. The molecule has 0 saturated carbocycles. The molecule has 0 aliphatic carbocycles. The predicted molar refractivity (Wildman–Crippen MR) is 115 cm³/mol. The summed E-state index contributed by atoms with van der Waals surface area (Å²) in [6.45, 7) is 3.89. The van der Waals surface area contributed by atoms with E-state index in [9.17, 15) is 0 Å². The first-order valence-electron chi connectivity index (χ1n) is 9.42. The van der Waals surface area contributed by atoms with Crippen molar-refractivity contribution >= 4 is 26.8 Å². The SMILES string of the molecule is COc1cc(Br)c(C(c2cnc3ccccc3c2)N2CCNCC2)cc1OC. The van der Waals surface area contributed by atoms with Crippen LogP contribution >= 0.6 is 15.9 Å². The van der Waals surface area contributed by atoms with E-state index in [1.807, 2.05) is 24.4 Å². The Balaban J connectivity index is 1.85. The van der Waals surface area contributed by atoms with Gasteiger partial charge in [0.15, 0.2) is 11.5 Å². The lowest BCUT2D eigenvalue weighted by atomic mass is 9.96. The lowest BCUT2D eigenvalue weighted by Crippen LogP contribution is -2.45. The van der Waals surface area contributed by atoms with Gasteiger partial charge in [-0.2, -0.15) is 0 Å². The highest BCUT2D eigenvalue weighted by Crippen LogP contribution is 2.40. The monoisotopic (exact) mass is 441 g/mol. The molecule has 6 heteroatoms. The van der Waals surface area contributed by atoms with Gasteiger partial charge in [0.25, 0.3) is 0 Å². The van der Waals surface area contributed by atoms with Crippen molar-refractivity contribution in [2.75, 3.05) is 40.4 Å². The Hall–Kier alpha value is -2.15. The van der Waals surface area contributed by atoms with Crippen LogP contribution in [0.25, 0.3) is 10.9 Å². The number of halogens is 1. The fraction of sp³-hybridized carbons (Fsp3) is 0.318. The van der Waals surface area contributed by atoms with E-state index in [0.29, 0.717) is 5.75 Å². The van der Waals surface area contributed by atoms with E-state index >= 15 is 0 Å². The van der Waals surface area contributed by atoms with Crippen LogP contribution in [0.15, 0.2) is 53.1 Å². The van der Waals surface area contributed by atoms with Crippen LogP contribution in [0.2, 0.25) is 0 Å². The Kier molecular flexibility index (Phi) is 5.80. The number of piperazine rings is 1. The zero-order valence-corrected chi connectivity index (χ0v) is 17.7. The minimum absolute atomic E-state index is 0.0772. The molecule has 5 nitrogen and oxygen atoms in total. The number of ether oxygens (including phenoxy) is 2. The molecule has 0 radical (unpaired) electrons. The first kappa shape index (κ1) is 19.2. The summed E-state index contributed by atoms with van der Waals surface area (Å²) in [4.78, 5) is 7.21. The number of aromatic nitrogens is 1. The lowest BCUT2D eigenvalue weighted by molar-refractivity contribution is 0.197. The Morgan fingerprint density at radius 1 is 1.04 bits per heavy atom. The summed E-state index contributed by atoms with van der Waals surface area (Å²) in [5.41, 5.74) is 3.34. The highest BCUT2D eigenvalue weighted by atomic mass is 79.9. The third-order valence-corrected chi connectivity index (χ3v) is 5.93. The Bertz CT molecular complexity index is 973. The predicted octanol–water partition coefficient (Wildman–Crippen LogP) is 4.01. The number of pyridine rings is 1. The Morgan fingerprint density at radius 3 is 2.50 bits per heavy atom. The average molecular weight is 442 g/mol. The molecule has 3 aromatic rings. The van der Waals surface area contributed by atoms with Crippen LogP contribution < -0.4 is 14.8 Å². The van der Waals surface area contributed by atoms with Crippen LogP contribution in [-0.4, -0.2) is 50.3 Å². The van der Waals surface area contributed by atoms with E-state index < -0.39 is 0 Å². The molecular formula is C22H24BrN3O2. The smallest absolute Gasteiger partial charge is 0.161 e. The van der Waals surface area contributed by atoms with Gasteiger partial charge in [-0.15, -0.1) is 0 Å². The molecule has 0 bridgehead atoms. The number of methoxy groups -OCH3 is 2. The largest absolute Gasteiger partial charge is 0.493 e. The zero-order chi connectivity index (χ0) is 19.5. The number of rotatable bonds is 5. The van der Waals surface area contributed by atoms with E-state index in [0.717, 1.165) is 52.9 Å². The van der Waals surface area contributed by atoms with Crippen molar-refractivity contribution in [3.63, 3.8) is 0 Å². The molecule has 1 atom stereocenters. The minimum Gasteiger partial charge on any atom is -0.493 e. The van der Waals surface area contributed by atoms with Crippen LogP contribution in [0.4, 0.5) is 0 Å². The second-order valence-electron chi connectivity index (χ2n) is 6.88. The van der Waals surface area contributed by atoms with E-state index in [-0.39, 0.29) is 6.04 Å². The number of nitrogens with one attached hydrogen (secondary N) is 1. The number of hydrogen-bond acceptors (Lipinski definition) is 5. The van der Waals surface area contributed by atoms with Crippen molar-refractivity contribution in [2.45, 2.75) is 6.04 Å². The first-order chi connectivity index (χ1) is 13.7. The van der Waals surface area contributed by atoms with Gasteiger partial charge in [0.05, 0.1) is 25.8 Å². The standard InChI is InChI=1S/C22H24BrN3O2/c1-27-20-12-17(18(23)13-21(20)28-2)22(26-9-7-24-8-10-26)16-11-15-5-3-4-6-19(15)25-14-16/h3-6,11-14,22,24H,7-10H2,1-2H3. The molecule has 1 aromatic heterocycles. The van der Waals surface area contributed by atoms with E-state index in [1.54, 1.807) is 14.2 Å². The summed E-state index contributed by atoms with van der Waals surface area (Å²) < 4.78 is 12.1. The highest BCUT2D eigenvalue weighted by molar-refractivity contribution is 9.10. The topological polar surface area (TPSA) is 46.6 Å². The summed E-state index contributed by atoms with van der Waals surface area (Å²) in [7, 11) is 3.33. The maximum absolute atomic E-state index is 5.58. The molecule has 0 amide bonds. The molecule has 1 N–H and O–H groups in total. The maximum atomic E-state index is 5.58. The molecule has 1 unspecified atom stereocenters. The summed E-state index contributed by atoms with van der Waals surface area (Å²) in [6, 6.07) is 14.6. The quantitative estimate of drug-likeness (QED) is 0.647. The van der Waals surface area contributed by atoms with E-state index in [2.05, 4.69) is 50.4 Å². The Morgan fingerprint density at radius 2 is 1.75 bits per heavy atom. The van der Waals surface area contributed by atoms with Gasteiger partial charge in [-0.1, -0.05) is 34.1 Å². The van der Waals surface area contributed by atoms with Crippen LogP contribution in [-0.2, 0) is 0 Å². The molecule has 0 spiro atoms. The summed E-state index contributed by atoms with van der Waals surface area (Å²) >= 11 is 3.77. The summed E-state index contributed by atoms with van der Waals surface area (Å²) in [5.74, 6) is 1.45. The molecule has 1 aliphatic rings. The third kappa shape index (κ3) is 3.72. The van der Waals surface area contributed by atoms with Gasteiger partial charge in [-0.3, -0.25) is 9.88 Å². The van der Waals surface area contributed by atoms with Crippen LogP contribution in [0.5, 0.6) is 11.5 Å². The fourth-order valence-electron chi connectivity index (χ4n) is 3.84. The van der Waals surface area contributed by atoms with Gasteiger partial charge in [0, 0.05) is 42.2 Å². The number of hydrogen-bond donors (Lipinski definition) is 1. The number of nitrogens with zero attached hydrogens (tertiary/aromatic N) is 2. The van der Waals surface area contributed by atoms with Gasteiger partial charge in [0.1, 0.15) is 0 Å². The van der Waals surface area contributed by atoms with Gasteiger partial charge in [-0.25, -0.2) is 0 Å². The second kappa shape index (κ2) is 8.47. The lowest BCUT2D eigenvalue weighted by Gasteiger charge is -2.36. The molecule has 1 saturated heterocycles. The number of para-hydroxylation sites is 1. The van der Waals surface area contributed by atoms with Gasteiger partial charge in [0.2, 0.25) is 0 Å². The summed E-state index contributed by atoms with van der Waals surface area (Å²) in [6.07, 6.45) is 2.00. The highest BCUT2D eigenvalue weighted by Gasteiger charge is 2.27. The average Bonchev–Trinajstić information content (AvgIpc) is 2.75. The normalized spacial score (nSPS) is 16.1. The van der Waals surface area contributed by atoms with E-state index in [1.165, 1.54) is 5.56 Å². The first-order valence-corrected chi connectivity index (χ1v) is 10.2. The van der Waals surface area contributed by atoms with Crippen LogP contribution in [0.3, 0.4) is 0 Å². The molecule has 4 rings (SSSR count). The van der Waals surface area contributed by atoms with E-state index in [4.69, 9.17) is 14.5 Å². The molecule has 2 aromatic carbocycles. The molecule has 1 aliphatic heterocycles. The van der Waals surface area contributed by atoms with Gasteiger partial charge >= 0.3 is 0 Å². The number of fused-ring (bicyclic) bond motifs is 1. The van der Waals surface area contributed by atoms with Crippen molar-refractivity contribution in [3.05, 3.63) is 64.3 Å². The van der Waals surface area contributed by atoms with Gasteiger partial charge in [-0.05, 0) is 35.4 Å². The molecular weight excluding hydrogens is 418 g/mol. The van der Waals surface area contributed by atoms with Crippen molar-refractivity contribution in [3.8, 4) is 11.5 Å². The third-order valence-electron chi connectivity index (χ3n) is 5.24.